The van der Waals surface area contributed by atoms with Crippen molar-refractivity contribution in [3.63, 3.8) is 0 Å². The number of alkyl halides is 6. The first kappa shape index (κ1) is 30.4. The Kier molecular flexibility index (Phi) is 6.77. The zero-order valence-electron chi connectivity index (χ0n) is 23.8. The minimum absolute atomic E-state index is 0.0784. The molecule has 234 valence electrons. The average Bonchev–Trinajstić information content (AvgIpc) is 3.50. The second kappa shape index (κ2) is 10.7. The highest BCUT2D eigenvalue weighted by Crippen LogP contribution is 2.48. The number of nitriles is 2. The highest BCUT2D eigenvalue weighted by atomic mass is 19.4. The lowest BCUT2D eigenvalue weighted by molar-refractivity contribution is -0.138. The summed E-state index contributed by atoms with van der Waals surface area (Å²) in [5.74, 6) is -2.20. The van der Waals surface area contributed by atoms with E-state index >= 15 is 0 Å². The van der Waals surface area contributed by atoms with Crippen LogP contribution in [0.4, 0.5) is 35.1 Å². The Morgan fingerprint density at radius 2 is 1.04 bits per heavy atom. The molecule has 0 N–H and O–H groups in total. The molecule has 0 saturated heterocycles. The Morgan fingerprint density at radius 1 is 0.562 bits per heavy atom. The van der Waals surface area contributed by atoms with Gasteiger partial charge in [-0.2, -0.15) is 41.9 Å². The highest BCUT2D eigenvalue weighted by Gasteiger charge is 2.36. The molecular weight excluding hydrogens is 642 g/mol. The summed E-state index contributed by atoms with van der Waals surface area (Å²) in [7, 11) is 0. The smallest absolute Gasteiger partial charge is 0.243 e. The monoisotopic (exact) mass is 655 g/mol. The lowest BCUT2D eigenvalue weighted by Gasteiger charge is -2.11. The van der Waals surface area contributed by atoms with E-state index in [2.05, 4.69) is 4.99 Å². The van der Waals surface area contributed by atoms with Gasteiger partial charge in [0.05, 0.1) is 34.3 Å². The van der Waals surface area contributed by atoms with Crippen LogP contribution in [-0.4, -0.2) is 15.7 Å². The average molecular weight is 656 g/mol. The van der Waals surface area contributed by atoms with E-state index in [1.165, 1.54) is 30.3 Å². The molecule has 4 aromatic carbocycles. The quantitative estimate of drug-likeness (QED) is 0.106. The molecule has 0 bridgehead atoms. The van der Waals surface area contributed by atoms with Crippen LogP contribution in [0.3, 0.4) is 0 Å². The van der Waals surface area contributed by atoms with Crippen LogP contribution in [0.15, 0.2) is 83.9 Å². The number of rotatable bonds is 2. The van der Waals surface area contributed by atoms with E-state index in [0.29, 0.717) is 40.0 Å². The Hall–Kier alpha value is -6.21. The molecule has 0 unspecified atom stereocenters. The fourth-order valence-corrected chi connectivity index (χ4v) is 5.90. The van der Waals surface area contributed by atoms with Crippen molar-refractivity contribution in [3.05, 3.63) is 124 Å². The summed E-state index contributed by atoms with van der Waals surface area (Å²) in [5, 5.41) is 19.1. The topological polar surface area (TPSA) is 85.7 Å². The van der Waals surface area contributed by atoms with Gasteiger partial charge in [-0.15, -0.1) is 0 Å². The fourth-order valence-electron chi connectivity index (χ4n) is 5.90. The van der Waals surface area contributed by atoms with Gasteiger partial charge in [-0.05, 0) is 53.1 Å². The van der Waals surface area contributed by atoms with Crippen LogP contribution in [0.25, 0.3) is 50.3 Å². The highest BCUT2D eigenvalue weighted by molar-refractivity contribution is 6.24. The van der Waals surface area contributed by atoms with E-state index in [9.17, 15) is 45.6 Å². The van der Waals surface area contributed by atoms with Crippen LogP contribution in [0, 0.1) is 34.4 Å². The number of hydrogen-bond donors (Lipinski definition) is 0. The minimum Gasteiger partial charge on any atom is -0.243 e. The van der Waals surface area contributed by atoms with Gasteiger partial charge in [-0.1, -0.05) is 36.4 Å². The third kappa shape index (κ3) is 4.79. The van der Waals surface area contributed by atoms with Gasteiger partial charge in [0.25, 0.3) is 0 Å². The normalized spacial score (nSPS) is 14.7. The zero-order chi connectivity index (χ0) is 34.1. The van der Waals surface area contributed by atoms with Gasteiger partial charge in [0.15, 0.2) is 0 Å². The maximum atomic E-state index is 14.9. The summed E-state index contributed by atoms with van der Waals surface area (Å²) in [6.07, 6.45) is -6.56. The molecule has 0 saturated carbocycles. The Morgan fingerprint density at radius 3 is 1.54 bits per heavy atom. The predicted molar refractivity (Wildman–Crippen MR) is 158 cm³/mol. The summed E-state index contributed by atoms with van der Waals surface area (Å²) in [4.78, 5) is 13.4. The number of allylic oxidation sites excluding steroid dienone is 1. The van der Waals surface area contributed by atoms with Crippen molar-refractivity contribution in [2.45, 2.75) is 12.4 Å². The Labute approximate surface area is 265 Å². The molecule has 5 aromatic rings. The molecule has 0 aliphatic heterocycles. The second-order valence-electron chi connectivity index (χ2n) is 10.8. The van der Waals surface area contributed by atoms with Crippen LogP contribution in [-0.2, 0) is 12.4 Å². The molecule has 2 aliphatic rings. The van der Waals surface area contributed by atoms with Crippen LogP contribution < -0.4 is 0 Å². The van der Waals surface area contributed by atoms with Gasteiger partial charge in [0.1, 0.15) is 23.0 Å². The number of hydrogen-bond acceptors (Lipinski definition) is 5. The first-order valence-electron chi connectivity index (χ1n) is 13.8. The predicted octanol–water partition coefficient (Wildman–Crippen LogP) is 9.36. The third-order valence-corrected chi connectivity index (χ3v) is 8.06. The molecular formula is C35H13F8N5. The summed E-state index contributed by atoms with van der Waals surface area (Å²) in [5.41, 5.74) is 0.977. The Bertz CT molecular complexity index is 2210. The summed E-state index contributed by atoms with van der Waals surface area (Å²) < 4.78 is 108. The molecule has 0 spiro atoms. The van der Waals surface area contributed by atoms with E-state index in [4.69, 9.17) is 9.97 Å². The number of aromatic nitrogens is 2. The number of halogens is 8. The van der Waals surface area contributed by atoms with Crippen molar-refractivity contribution in [1.82, 2.24) is 9.97 Å². The molecule has 1 aromatic heterocycles. The lowest BCUT2D eigenvalue weighted by atomic mass is 9.97. The molecule has 0 fully saturated rings. The summed E-state index contributed by atoms with van der Waals surface area (Å²) in [6, 6.07) is 15.4. The molecule has 7 rings (SSSR count). The molecule has 0 amide bonds. The molecule has 0 radical (unpaired) electrons. The van der Waals surface area contributed by atoms with E-state index in [0.717, 1.165) is 24.3 Å². The maximum Gasteiger partial charge on any atom is 0.416 e. The molecule has 0 atom stereocenters. The number of benzene rings is 4. The van der Waals surface area contributed by atoms with Crippen molar-refractivity contribution in [2.24, 2.45) is 4.99 Å². The minimum atomic E-state index is -4.74. The maximum absolute atomic E-state index is 14.9. The first-order chi connectivity index (χ1) is 22.8. The van der Waals surface area contributed by atoms with E-state index in [1.807, 2.05) is 6.07 Å². The standard InChI is InChI=1S/C35H13F8N5/c36-27-13-18(34(38,39)40)3-7-20(27)16-1-5-22-25(11-16)24(9-10-44)31-30(22)48-33-29(46-15-45)26-12-17(2-6-23(26)32(33)47-31)21-8-4-19(14-28(21)37)35(41,42)43/h1-9,11-14H/b24-9+,46-29+. The molecule has 2 aliphatic carbocycles. The van der Waals surface area contributed by atoms with Crippen molar-refractivity contribution < 1.29 is 35.1 Å². The van der Waals surface area contributed by atoms with E-state index in [1.54, 1.807) is 18.3 Å². The lowest BCUT2D eigenvalue weighted by Crippen LogP contribution is -2.05. The van der Waals surface area contributed by atoms with Crippen LogP contribution in [0.1, 0.15) is 33.6 Å². The number of fused-ring (bicyclic) bond motifs is 6. The number of nitrogens with zero attached hydrogens (tertiary/aromatic N) is 5. The van der Waals surface area contributed by atoms with Gasteiger partial charge in [0, 0.05) is 39.5 Å². The van der Waals surface area contributed by atoms with Crippen LogP contribution in [0.5, 0.6) is 0 Å². The first-order valence-corrected chi connectivity index (χ1v) is 13.8. The van der Waals surface area contributed by atoms with E-state index < -0.39 is 35.1 Å². The fraction of sp³-hybridized carbons (Fsp3) is 0.0571. The largest absolute Gasteiger partial charge is 0.416 e. The van der Waals surface area contributed by atoms with E-state index in [-0.39, 0.29) is 50.7 Å². The van der Waals surface area contributed by atoms with Crippen molar-refractivity contribution in [3.8, 4) is 57.0 Å². The van der Waals surface area contributed by atoms with Crippen molar-refractivity contribution in [2.75, 3.05) is 0 Å². The van der Waals surface area contributed by atoms with Gasteiger partial charge >= 0.3 is 12.4 Å². The van der Waals surface area contributed by atoms with Crippen LogP contribution >= 0.6 is 0 Å². The molecule has 13 heteroatoms. The summed E-state index contributed by atoms with van der Waals surface area (Å²) in [6.45, 7) is 0. The van der Waals surface area contributed by atoms with Crippen molar-refractivity contribution >= 4 is 11.3 Å². The summed E-state index contributed by atoms with van der Waals surface area (Å²) >= 11 is 0. The Balaban J connectivity index is 1.34. The molecule has 5 nitrogen and oxygen atoms in total. The third-order valence-electron chi connectivity index (χ3n) is 8.06. The van der Waals surface area contributed by atoms with Gasteiger partial charge < -0.3 is 0 Å². The second-order valence-corrected chi connectivity index (χ2v) is 10.8. The van der Waals surface area contributed by atoms with Crippen molar-refractivity contribution in [1.29, 1.82) is 10.5 Å². The number of aliphatic imine (C=N–C) groups is 1. The van der Waals surface area contributed by atoms with Gasteiger partial charge in [-0.3, -0.25) is 0 Å². The zero-order valence-corrected chi connectivity index (χ0v) is 23.8. The van der Waals surface area contributed by atoms with Crippen LogP contribution in [0.2, 0.25) is 0 Å². The van der Waals surface area contributed by atoms with Gasteiger partial charge in [-0.25, -0.2) is 18.7 Å². The van der Waals surface area contributed by atoms with Gasteiger partial charge in [0.2, 0.25) is 6.19 Å². The molecule has 1 heterocycles. The SMILES string of the molecule is N#C/C=C1\c2cc(-c3ccc(C(F)(F)F)cc3F)ccc2-c2nc3c(nc21)-c1ccc(-c2ccc(C(F)(F)F)cc2F)cc1/C3=N\C#N. The molecule has 48 heavy (non-hydrogen) atoms.